The van der Waals surface area contributed by atoms with Crippen molar-refractivity contribution in [2.24, 2.45) is 0 Å². The van der Waals surface area contributed by atoms with Gasteiger partial charge in [-0.1, -0.05) is 24.3 Å². The van der Waals surface area contributed by atoms with Crippen LogP contribution in [0.25, 0.3) is 0 Å². The first kappa shape index (κ1) is 13.1. The van der Waals surface area contributed by atoms with Gasteiger partial charge in [-0.2, -0.15) is 0 Å². The minimum Gasteiger partial charge on any atom is -0.363 e. The number of piperidine rings is 1. The van der Waals surface area contributed by atoms with Crippen LogP contribution in [0, 0.1) is 0 Å². The summed E-state index contributed by atoms with van der Waals surface area (Å²) >= 11 is 0. The van der Waals surface area contributed by atoms with Crippen molar-refractivity contribution in [3.63, 3.8) is 0 Å². The van der Waals surface area contributed by atoms with E-state index in [4.69, 9.17) is 4.74 Å². The van der Waals surface area contributed by atoms with Gasteiger partial charge in [0.2, 0.25) is 5.91 Å². The lowest BCUT2D eigenvalue weighted by Gasteiger charge is -2.28. The number of amides is 2. The van der Waals surface area contributed by atoms with Crippen molar-refractivity contribution in [3.8, 4) is 0 Å². The summed E-state index contributed by atoms with van der Waals surface area (Å²) in [5, 5.41) is 5.57. The van der Waals surface area contributed by atoms with Crippen molar-refractivity contribution in [1.29, 1.82) is 0 Å². The second-order valence-electron chi connectivity index (χ2n) is 5.19. The molecule has 0 bridgehead atoms. The van der Waals surface area contributed by atoms with Gasteiger partial charge in [0, 0.05) is 6.54 Å². The van der Waals surface area contributed by atoms with Crippen molar-refractivity contribution in [2.45, 2.75) is 31.4 Å². The molecule has 0 saturated carbocycles. The predicted molar refractivity (Wildman–Crippen MR) is 73.0 cm³/mol. The van der Waals surface area contributed by atoms with Crippen LogP contribution in [-0.2, 0) is 20.7 Å². The Labute approximate surface area is 117 Å². The average molecular weight is 274 g/mol. The maximum absolute atomic E-state index is 12.4. The fraction of sp³-hybridized carbons (Fsp3) is 0.467. The second-order valence-corrected chi connectivity index (χ2v) is 5.19. The van der Waals surface area contributed by atoms with Gasteiger partial charge in [-0.3, -0.25) is 9.59 Å². The molecule has 2 amide bonds. The van der Waals surface area contributed by atoms with Crippen LogP contribution in [-0.4, -0.2) is 31.0 Å². The van der Waals surface area contributed by atoms with Crippen molar-refractivity contribution < 1.29 is 14.3 Å². The van der Waals surface area contributed by atoms with Gasteiger partial charge in [0.15, 0.2) is 6.10 Å². The highest BCUT2D eigenvalue weighted by Gasteiger charge is 2.31. The fourth-order valence-corrected chi connectivity index (χ4v) is 2.77. The molecule has 3 rings (SSSR count). The minimum atomic E-state index is -0.602. The number of benzene rings is 1. The summed E-state index contributed by atoms with van der Waals surface area (Å²) in [7, 11) is 0. The topological polar surface area (TPSA) is 67.4 Å². The number of hydrogen-bond donors (Lipinski definition) is 2. The van der Waals surface area contributed by atoms with E-state index in [2.05, 4.69) is 10.6 Å². The Morgan fingerprint density at radius 3 is 3.05 bits per heavy atom. The molecule has 2 aliphatic rings. The minimum absolute atomic E-state index is 0.103. The van der Waals surface area contributed by atoms with Crippen LogP contribution >= 0.6 is 0 Å². The number of ether oxygens (including phenoxy) is 1. The molecule has 0 spiro atoms. The van der Waals surface area contributed by atoms with Gasteiger partial charge in [0.05, 0.1) is 6.61 Å². The monoisotopic (exact) mass is 274 g/mol. The Morgan fingerprint density at radius 1 is 1.35 bits per heavy atom. The summed E-state index contributed by atoms with van der Waals surface area (Å²) in [5.41, 5.74) is 2.06. The molecule has 5 nitrogen and oxygen atoms in total. The third-order valence-electron chi connectivity index (χ3n) is 3.83. The van der Waals surface area contributed by atoms with Crippen LogP contribution < -0.4 is 10.6 Å². The lowest BCUT2D eigenvalue weighted by Crippen LogP contribution is -2.51. The van der Waals surface area contributed by atoms with Crippen molar-refractivity contribution in [1.82, 2.24) is 10.6 Å². The highest BCUT2D eigenvalue weighted by atomic mass is 16.5. The number of fused-ring (bicyclic) bond motifs is 1. The van der Waals surface area contributed by atoms with E-state index in [0.717, 1.165) is 24.0 Å². The Bertz CT molecular complexity index is 530. The van der Waals surface area contributed by atoms with Gasteiger partial charge in [0.25, 0.3) is 5.91 Å². The molecule has 106 valence electrons. The largest absolute Gasteiger partial charge is 0.363 e. The third-order valence-corrected chi connectivity index (χ3v) is 3.83. The van der Waals surface area contributed by atoms with E-state index < -0.39 is 12.1 Å². The van der Waals surface area contributed by atoms with Gasteiger partial charge >= 0.3 is 0 Å². The normalized spacial score (nSPS) is 25.5. The summed E-state index contributed by atoms with van der Waals surface area (Å²) in [6, 6.07) is 7.37. The van der Waals surface area contributed by atoms with Gasteiger partial charge in [-0.15, -0.1) is 0 Å². The van der Waals surface area contributed by atoms with E-state index in [-0.39, 0.29) is 11.8 Å². The Morgan fingerprint density at radius 2 is 2.20 bits per heavy atom. The summed E-state index contributed by atoms with van der Waals surface area (Å²) in [6.45, 7) is 1.22. The smallest absolute Gasteiger partial charge is 0.254 e. The number of carbonyl (C=O) groups is 2. The van der Waals surface area contributed by atoms with Crippen LogP contribution in [0.2, 0.25) is 0 Å². The molecule has 1 saturated heterocycles. The zero-order valence-corrected chi connectivity index (χ0v) is 11.2. The first-order valence-corrected chi connectivity index (χ1v) is 7.03. The second kappa shape index (κ2) is 5.63. The van der Waals surface area contributed by atoms with E-state index >= 15 is 0 Å². The average Bonchev–Trinajstić information content (AvgIpc) is 2.49. The van der Waals surface area contributed by atoms with E-state index in [1.807, 2.05) is 24.3 Å². The molecular weight excluding hydrogens is 256 g/mol. The number of rotatable bonds is 2. The third kappa shape index (κ3) is 2.54. The molecular formula is C15H18N2O3. The number of carbonyl (C=O) groups excluding carboxylic acids is 2. The van der Waals surface area contributed by atoms with E-state index in [1.165, 1.54) is 0 Å². The Hall–Kier alpha value is -1.88. The van der Waals surface area contributed by atoms with Gasteiger partial charge in [-0.25, -0.2) is 0 Å². The van der Waals surface area contributed by atoms with E-state index in [0.29, 0.717) is 19.6 Å². The molecule has 2 aliphatic heterocycles. The first-order chi connectivity index (χ1) is 9.75. The van der Waals surface area contributed by atoms with Crippen LogP contribution in [0.1, 0.15) is 30.1 Å². The lowest BCUT2D eigenvalue weighted by atomic mass is 9.96. The van der Waals surface area contributed by atoms with Crippen LogP contribution in [0.5, 0.6) is 0 Å². The summed E-state index contributed by atoms with van der Waals surface area (Å²) in [5.74, 6) is -0.326. The molecule has 20 heavy (non-hydrogen) atoms. The molecule has 0 aromatic heterocycles. The SMILES string of the molecule is O=C1NCCC[C@@H]1NC(=O)[C@@H]1OCCc2ccccc21. The quantitative estimate of drug-likeness (QED) is 0.834. The summed E-state index contributed by atoms with van der Waals surface area (Å²) < 4.78 is 5.60. The Kier molecular flexibility index (Phi) is 3.69. The first-order valence-electron chi connectivity index (χ1n) is 7.03. The maximum Gasteiger partial charge on any atom is 0.254 e. The van der Waals surface area contributed by atoms with Gasteiger partial charge < -0.3 is 15.4 Å². The van der Waals surface area contributed by atoms with Crippen LogP contribution in [0.4, 0.5) is 0 Å². The summed E-state index contributed by atoms with van der Waals surface area (Å²) in [4.78, 5) is 24.0. The highest BCUT2D eigenvalue weighted by Crippen LogP contribution is 2.27. The Balaban J connectivity index is 1.73. The van der Waals surface area contributed by atoms with Crippen molar-refractivity contribution in [2.75, 3.05) is 13.2 Å². The standard InChI is InChI=1S/C15H18N2O3/c18-14-12(6-3-8-16-14)17-15(19)13-11-5-2-1-4-10(11)7-9-20-13/h1-2,4-5,12-13H,3,6-9H2,(H,16,18)(H,17,19)/t12-,13+/m0/s1. The molecule has 2 atom stereocenters. The van der Waals surface area contributed by atoms with Crippen molar-refractivity contribution in [3.05, 3.63) is 35.4 Å². The molecule has 1 fully saturated rings. The molecule has 2 heterocycles. The van der Waals surface area contributed by atoms with Gasteiger partial charge in [-0.05, 0) is 30.4 Å². The van der Waals surface area contributed by atoms with Crippen LogP contribution in [0.15, 0.2) is 24.3 Å². The highest BCUT2D eigenvalue weighted by molar-refractivity contribution is 5.90. The zero-order chi connectivity index (χ0) is 13.9. The lowest BCUT2D eigenvalue weighted by molar-refractivity contribution is -0.138. The molecule has 0 aliphatic carbocycles. The van der Waals surface area contributed by atoms with Crippen molar-refractivity contribution >= 4 is 11.8 Å². The molecule has 1 aromatic carbocycles. The molecule has 2 N–H and O–H groups in total. The number of hydrogen-bond acceptors (Lipinski definition) is 3. The molecule has 5 heteroatoms. The fourth-order valence-electron chi connectivity index (χ4n) is 2.77. The zero-order valence-electron chi connectivity index (χ0n) is 11.2. The van der Waals surface area contributed by atoms with E-state index in [9.17, 15) is 9.59 Å². The maximum atomic E-state index is 12.4. The summed E-state index contributed by atoms with van der Waals surface area (Å²) in [6.07, 6.45) is 1.80. The van der Waals surface area contributed by atoms with Gasteiger partial charge in [0.1, 0.15) is 6.04 Å². The van der Waals surface area contributed by atoms with Crippen LogP contribution in [0.3, 0.4) is 0 Å². The molecule has 0 radical (unpaired) electrons. The predicted octanol–water partition coefficient (Wildman–Crippen LogP) is 0.695. The molecule has 1 aromatic rings. The molecule has 0 unspecified atom stereocenters. The number of nitrogens with one attached hydrogen (secondary N) is 2. The van der Waals surface area contributed by atoms with E-state index in [1.54, 1.807) is 0 Å².